The number of carboxylic acid groups (broad SMARTS) is 1. The molecule has 10 heteroatoms. The van der Waals surface area contributed by atoms with Crippen LogP contribution in [-0.4, -0.2) is 47.3 Å². The van der Waals surface area contributed by atoms with Crippen molar-refractivity contribution in [1.82, 2.24) is 10.6 Å². The van der Waals surface area contributed by atoms with Crippen LogP contribution >= 0.6 is 11.8 Å². The van der Waals surface area contributed by atoms with Gasteiger partial charge in [0, 0.05) is 23.5 Å². The number of amides is 2. The van der Waals surface area contributed by atoms with Crippen LogP contribution in [0.25, 0.3) is 0 Å². The minimum Gasteiger partial charge on any atom is -0.484 e. The first-order valence-electron chi connectivity index (χ1n) is 11.5. The summed E-state index contributed by atoms with van der Waals surface area (Å²) in [6.07, 6.45) is 1.69. The maximum atomic E-state index is 14.5. The van der Waals surface area contributed by atoms with Gasteiger partial charge in [0.1, 0.15) is 0 Å². The number of ether oxygens (including phenoxy) is 1. The number of halogens is 2. The fraction of sp³-hybridized carbons (Fsp3) is 0.400. The molecule has 2 aromatic rings. The fourth-order valence-electron chi connectivity index (χ4n) is 4.30. The van der Waals surface area contributed by atoms with Crippen LogP contribution in [-0.2, 0) is 16.0 Å². The van der Waals surface area contributed by atoms with E-state index in [2.05, 4.69) is 10.6 Å². The van der Waals surface area contributed by atoms with E-state index >= 15 is 0 Å². The molecule has 3 N–H and O–H groups in total. The fourth-order valence-corrected chi connectivity index (χ4v) is 5.52. The molecule has 186 valence electrons. The van der Waals surface area contributed by atoms with Gasteiger partial charge in [-0.05, 0) is 55.9 Å². The lowest BCUT2D eigenvalue weighted by Gasteiger charge is -2.27. The number of hydrogen-bond donors (Lipinski definition) is 3. The molecule has 0 spiro atoms. The number of hydrogen-bond acceptors (Lipinski definition) is 5. The van der Waals surface area contributed by atoms with Gasteiger partial charge >= 0.3 is 5.97 Å². The van der Waals surface area contributed by atoms with Gasteiger partial charge in [-0.3, -0.25) is 14.4 Å². The van der Waals surface area contributed by atoms with E-state index in [9.17, 15) is 23.2 Å². The Morgan fingerprint density at radius 2 is 1.66 bits per heavy atom. The average molecular weight is 505 g/mol. The molecule has 1 unspecified atom stereocenters. The third-order valence-corrected chi connectivity index (χ3v) is 7.54. The number of rotatable bonds is 8. The highest BCUT2D eigenvalue weighted by atomic mass is 32.2. The van der Waals surface area contributed by atoms with Gasteiger partial charge in [-0.2, -0.15) is 0 Å². The monoisotopic (exact) mass is 504 g/mol. The van der Waals surface area contributed by atoms with Crippen molar-refractivity contribution >= 4 is 29.5 Å². The van der Waals surface area contributed by atoms with Crippen LogP contribution in [0, 0.1) is 17.6 Å². The summed E-state index contributed by atoms with van der Waals surface area (Å²) in [6.45, 7) is 0.284. The van der Waals surface area contributed by atoms with E-state index in [1.807, 2.05) is 24.3 Å². The van der Waals surface area contributed by atoms with Gasteiger partial charge in [-0.25, -0.2) is 8.78 Å². The predicted octanol–water partition coefficient (Wildman–Crippen LogP) is 3.55. The number of thioether (sulfide) groups is 1. The zero-order valence-corrected chi connectivity index (χ0v) is 19.7. The van der Waals surface area contributed by atoms with E-state index in [1.165, 1.54) is 11.8 Å². The Kier molecular flexibility index (Phi) is 7.90. The maximum absolute atomic E-state index is 14.5. The van der Waals surface area contributed by atoms with Gasteiger partial charge < -0.3 is 20.5 Å². The second kappa shape index (κ2) is 11.1. The zero-order valence-electron chi connectivity index (χ0n) is 18.9. The Bertz CT molecular complexity index is 1070. The molecule has 35 heavy (non-hydrogen) atoms. The molecular formula is C25H26F2N2O5S. The lowest BCUT2D eigenvalue weighted by atomic mass is 9.87. The van der Waals surface area contributed by atoms with E-state index in [0.29, 0.717) is 32.1 Å². The molecular weight excluding hydrogens is 478 g/mol. The van der Waals surface area contributed by atoms with Crippen molar-refractivity contribution in [3.05, 3.63) is 59.2 Å². The molecule has 0 bridgehead atoms. The maximum Gasteiger partial charge on any atom is 0.306 e. The van der Waals surface area contributed by atoms with Crippen LogP contribution in [0.5, 0.6) is 5.75 Å². The molecule has 1 atom stereocenters. The predicted molar refractivity (Wildman–Crippen MR) is 126 cm³/mol. The molecule has 7 nitrogen and oxygen atoms in total. The molecule has 1 aliphatic heterocycles. The number of fused-ring (bicyclic) bond motifs is 1. The average Bonchev–Trinajstić information content (AvgIpc) is 3.28. The number of carbonyl (C=O) groups is 3. The number of benzene rings is 2. The molecule has 2 aromatic carbocycles. The Balaban J connectivity index is 1.23. The van der Waals surface area contributed by atoms with Crippen LogP contribution in [0.15, 0.2) is 41.3 Å². The second-order valence-corrected chi connectivity index (χ2v) is 9.91. The minimum absolute atomic E-state index is 0.100. The van der Waals surface area contributed by atoms with E-state index in [4.69, 9.17) is 9.84 Å². The van der Waals surface area contributed by atoms with Gasteiger partial charge in [0.25, 0.3) is 5.91 Å². The van der Waals surface area contributed by atoms with Crippen molar-refractivity contribution in [1.29, 1.82) is 0 Å². The Morgan fingerprint density at radius 1 is 1.00 bits per heavy atom. The summed E-state index contributed by atoms with van der Waals surface area (Å²) in [7, 11) is 0. The van der Waals surface area contributed by atoms with Crippen LogP contribution in [0.4, 0.5) is 8.78 Å². The molecule has 0 radical (unpaired) electrons. The third-order valence-electron chi connectivity index (χ3n) is 6.22. The first kappa shape index (κ1) is 25.0. The Morgan fingerprint density at radius 3 is 2.31 bits per heavy atom. The Hall–Kier alpha value is -3.14. The van der Waals surface area contributed by atoms with Crippen molar-refractivity contribution < 1.29 is 33.0 Å². The normalized spacial score (nSPS) is 21.1. The molecule has 1 aliphatic carbocycles. The molecule has 2 amide bonds. The van der Waals surface area contributed by atoms with E-state index in [1.54, 1.807) is 0 Å². The van der Waals surface area contributed by atoms with Crippen molar-refractivity contribution in [3.63, 3.8) is 0 Å². The SMILES string of the molecule is O=C(NCCNC(=O)C1Cc2ccccc2S1)c1cc(F)c(OC2CCC(C(=O)O)CC2)c(F)c1. The highest BCUT2D eigenvalue weighted by Crippen LogP contribution is 2.36. The topological polar surface area (TPSA) is 105 Å². The zero-order chi connectivity index (χ0) is 24.9. The largest absolute Gasteiger partial charge is 0.484 e. The molecule has 1 saturated carbocycles. The second-order valence-electron chi connectivity index (χ2n) is 8.66. The molecule has 4 rings (SSSR count). The van der Waals surface area contributed by atoms with Crippen molar-refractivity contribution in [3.8, 4) is 5.75 Å². The van der Waals surface area contributed by atoms with E-state index < -0.39 is 41.3 Å². The van der Waals surface area contributed by atoms with Crippen LogP contribution in [0.1, 0.15) is 41.6 Å². The summed E-state index contributed by atoms with van der Waals surface area (Å²) in [5.41, 5.74) is 0.936. The highest BCUT2D eigenvalue weighted by molar-refractivity contribution is 8.01. The molecule has 0 aromatic heterocycles. The summed E-state index contributed by atoms with van der Waals surface area (Å²) in [4.78, 5) is 36.9. The van der Waals surface area contributed by atoms with Gasteiger partial charge in [-0.1, -0.05) is 18.2 Å². The number of carbonyl (C=O) groups excluding carboxylic acids is 2. The molecule has 2 aliphatic rings. The quantitative estimate of drug-likeness (QED) is 0.475. The summed E-state index contributed by atoms with van der Waals surface area (Å²) in [5.74, 6) is -4.71. The van der Waals surface area contributed by atoms with E-state index in [-0.39, 0.29) is 29.8 Å². The van der Waals surface area contributed by atoms with E-state index in [0.717, 1.165) is 22.6 Å². The number of aliphatic carboxylic acids is 1. The Labute approximate surface area is 205 Å². The van der Waals surface area contributed by atoms with Crippen molar-refractivity contribution in [2.75, 3.05) is 13.1 Å². The smallest absolute Gasteiger partial charge is 0.306 e. The summed E-state index contributed by atoms with van der Waals surface area (Å²) in [6, 6.07) is 9.65. The first-order chi connectivity index (χ1) is 16.8. The highest BCUT2D eigenvalue weighted by Gasteiger charge is 2.29. The summed E-state index contributed by atoms with van der Waals surface area (Å²) >= 11 is 1.50. The van der Waals surface area contributed by atoms with Gasteiger partial charge in [-0.15, -0.1) is 11.8 Å². The molecule has 1 heterocycles. The third kappa shape index (κ3) is 6.11. The number of nitrogens with one attached hydrogen (secondary N) is 2. The van der Waals surface area contributed by atoms with Gasteiger partial charge in [0.15, 0.2) is 17.4 Å². The van der Waals surface area contributed by atoms with Crippen molar-refractivity contribution in [2.45, 2.75) is 48.4 Å². The molecule has 1 fully saturated rings. The van der Waals surface area contributed by atoms with Crippen LogP contribution < -0.4 is 15.4 Å². The summed E-state index contributed by atoms with van der Waals surface area (Å²) in [5, 5.41) is 14.1. The van der Waals surface area contributed by atoms with Crippen molar-refractivity contribution in [2.24, 2.45) is 5.92 Å². The standard InChI is InChI=1S/C25H26F2N2O5S/c26-18-11-16(12-19(27)22(18)34-17-7-5-14(6-8-17)25(32)33)23(30)28-9-10-29-24(31)21-13-15-3-1-2-4-20(15)35-21/h1-4,11-12,14,17,21H,5-10,13H2,(H,28,30)(H,29,31)(H,32,33). The van der Waals surface area contributed by atoms with Gasteiger partial charge in [0.05, 0.1) is 17.3 Å². The summed E-state index contributed by atoms with van der Waals surface area (Å²) < 4.78 is 34.5. The van der Waals surface area contributed by atoms with Gasteiger partial charge in [0.2, 0.25) is 5.91 Å². The first-order valence-corrected chi connectivity index (χ1v) is 12.4. The molecule has 0 saturated heterocycles. The van der Waals surface area contributed by atoms with Crippen LogP contribution in [0.3, 0.4) is 0 Å². The van der Waals surface area contributed by atoms with Crippen LogP contribution in [0.2, 0.25) is 0 Å². The lowest BCUT2D eigenvalue weighted by molar-refractivity contribution is -0.143. The minimum atomic E-state index is -0.998. The number of carboxylic acids is 1. The lowest BCUT2D eigenvalue weighted by Crippen LogP contribution is -2.38.